The molecular formula is C14H21NO3. The fraction of sp³-hybridized carbons (Fsp3) is 0.857. The zero-order valence-corrected chi connectivity index (χ0v) is 10.7. The fourth-order valence-electron chi connectivity index (χ4n) is 4.07. The molecule has 0 bridgehead atoms. The summed E-state index contributed by atoms with van der Waals surface area (Å²) < 4.78 is 0. The van der Waals surface area contributed by atoms with Crippen LogP contribution < -0.4 is 0 Å². The van der Waals surface area contributed by atoms with Gasteiger partial charge in [-0.3, -0.25) is 14.5 Å². The molecule has 18 heavy (non-hydrogen) atoms. The van der Waals surface area contributed by atoms with Crippen molar-refractivity contribution >= 4 is 11.8 Å². The molecule has 2 aliphatic carbocycles. The molecule has 4 heteroatoms. The summed E-state index contributed by atoms with van der Waals surface area (Å²) in [7, 11) is 0. The number of fused-ring (bicyclic) bond motifs is 1. The smallest absolute Gasteiger partial charge is 0.233 e. The predicted octanol–water partition coefficient (Wildman–Crippen LogP) is 1.18. The molecule has 2 saturated carbocycles. The number of nitrogens with zero attached hydrogens (tertiary/aromatic N) is 1. The first-order chi connectivity index (χ1) is 8.72. The third-order valence-corrected chi connectivity index (χ3v) is 5.15. The van der Waals surface area contributed by atoms with E-state index in [4.69, 9.17) is 0 Å². The van der Waals surface area contributed by atoms with Crippen molar-refractivity contribution in [2.24, 2.45) is 23.7 Å². The van der Waals surface area contributed by atoms with E-state index in [0.717, 1.165) is 38.5 Å². The molecule has 0 aromatic heterocycles. The standard InChI is InChI=1S/C14H21NO3/c16-8-10-4-1-3-9(10)7-15-13(17)11-5-2-6-12(11)14(15)18/h9-12,16H,1-8H2. The quantitative estimate of drug-likeness (QED) is 0.766. The summed E-state index contributed by atoms with van der Waals surface area (Å²) in [6, 6.07) is 0. The highest BCUT2D eigenvalue weighted by atomic mass is 16.3. The van der Waals surface area contributed by atoms with Crippen LogP contribution in [0, 0.1) is 23.7 Å². The zero-order valence-electron chi connectivity index (χ0n) is 10.7. The monoisotopic (exact) mass is 251 g/mol. The fourth-order valence-corrected chi connectivity index (χ4v) is 4.07. The van der Waals surface area contributed by atoms with E-state index >= 15 is 0 Å². The summed E-state index contributed by atoms with van der Waals surface area (Å²) in [5.74, 6) is 0.683. The van der Waals surface area contributed by atoms with E-state index in [9.17, 15) is 14.7 Å². The lowest BCUT2D eigenvalue weighted by Crippen LogP contribution is -2.37. The third-order valence-electron chi connectivity index (χ3n) is 5.15. The lowest BCUT2D eigenvalue weighted by atomic mass is 9.96. The number of aliphatic hydroxyl groups is 1. The molecule has 0 aromatic carbocycles. The molecule has 1 N–H and O–H groups in total. The van der Waals surface area contributed by atoms with Crippen molar-refractivity contribution < 1.29 is 14.7 Å². The first-order valence-corrected chi connectivity index (χ1v) is 7.18. The summed E-state index contributed by atoms with van der Waals surface area (Å²) in [5, 5.41) is 9.32. The topological polar surface area (TPSA) is 57.6 Å². The van der Waals surface area contributed by atoms with Gasteiger partial charge in [0, 0.05) is 13.2 Å². The van der Waals surface area contributed by atoms with Crippen LogP contribution in [0.15, 0.2) is 0 Å². The maximum absolute atomic E-state index is 12.2. The predicted molar refractivity (Wildman–Crippen MR) is 65.5 cm³/mol. The van der Waals surface area contributed by atoms with Crippen molar-refractivity contribution in [2.75, 3.05) is 13.2 Å². The molecule has 1 aliphatic heterocycles. The molecule has 4 nitrogen and oxygen atoms in total. The molecule has 1 heterocycles. The van der Waals surface area contributed by atoms with Crippen LogP contribution in [0.25, 0.3) is 0 Å². The van der Waals surface area contributed by atoms with Crippen molar-refractivity contribution in [2.45, 2.75) is 38.5 Å². The number of hydrogen-bond acceptors (Lipinski definition) is 3. The van der Waals surface area contributed by atoms with Gasteiger partial charge in [-0.05, 0) is 37.5 Å². The second kappa shape index (κ2) is 4.65. The van der Waals surface area contributed by atoms with Gasteiger partial charge in [0.2, 0.25) is 11.8 Å². The van der Waals surface area contributed by atoms with Gasteiger partial charge in [-0.25, -0.2) is 0 Å². The van der Waals surface area contributed by atoms with Crippen LogP contribution in [0.1, 0.15) is 38.5 Å². The molecule has 0 aromatic rings. The van der Waals surface area contributed by atoms with Crippen LogP contribution in [0.3, 0.4) is 0 Å². The first-order valence-electron chi connectivity index (χ1n) is 7.18. The lowest BCUT2D eigenvalue weighted by Gasteiger charge is -2.23. The van der Waals surface area contributed by atoms with Gasteiger partial charge in [-0.15, -0.1) is 0 Å². The molecule has 3 fully saturated rings. The Morgan fingerprint density at radius 3 is 2.11 bits per heavy atom. The average molecular weight is 251 g/mol. The van der Waals surface area contributed by atoms with Crippen LogP contribution >= 0.6 is 0 Å². The molecule has 0 radical (unpaired) electrons. The second-order valence-electron chi connectivity index (χ2n) is 6.06. The van der Waals surface area contributed by atoms with Gasteiger partial charge in [0.15, 0.2) is 0 Å². The summed E-state index contributed by atoms with van der Waals surface area (Å²) in [4.78, 5) is 26.0. The average Bonchev–Trinajstić information content (AvgIpc) is 3.05. The molecule has 0 spiro atoms. The van der Waals surface area contributed by atoms with Crippen LogP contribution in [0.5, 0.6) is 0 Å². The van der Waals surface area contributed by atoms with Gasteiger partial charge in [0.1, 0.15) is 0 Å². The van der Waals surface area contributed by atoms with Gasteiger partial charge in [-0.2, -0.15) is 0 Å². The number of carbonyl (C=O) groups is 2. The van der Waals surface area contributed by atoms with E-state index in [1.54, 1.807) is 0 Å². The van der Waals surface area contributed by atoms with E-state index in [1.165, 1.54) is 4.90 Å². The van der Waals surface area contributed by atoms with Gasteiger partial charge >= 0.3 is 0 Å². The second-order valence-corrected chi connectivity index (χ2v) is 6.06. The minimum Gasteiger partial charge on any atom is -0.396 e. The van der Waals surface area contributed by atoms with Crippen LogP contribution in [-0.2, 0) is 9.59 Å². The lowest BCUT2D eigenvalue weighted by molar-refractivity contribution is -0.141. The van der Waals surface area contributed by atoms with E-state index < -0.39 is 0 Å². The molecule has 4 unspecified atom stereocenters. The number of aliphatic hydroxyl groups excluding tert-OH is 1. The van der Waals surface area contributed by atoms with Crippen molar-refractivity contribution in [3.8, 4) is 0 Å². The van der Waals surface area contributed by atoms with Crippen molar-refractivity contribution in [1.29, 1.82) is 0 Å². The molecule has 3 aliphatic rings. The maximum Gasteiger partial charge on any atom is 0.233 e. The Bertz CT molecular complexity index is 346. The van der Waals surface area contributed by atoms with Crippen molar-refractivity contribution in [1.82, 2.24) is 4.90 Å². The Morgan fingerprint density at radius 1 is 0.944 bits per heavy atom. The Labute approximate surface area is 107 Å². The largest absolute Gasteiger partial charge is 0.396 e. The molecule has 1 saturated heterocycles. The van der Waals surface area contributed by atoms with Crippen LogP contribution in [-0.4, -0.2) is 35.0 Å². The Balaban J connectivity index is 1.70. The highest BCUT2D eigenvalue weighted by Gasteiger charge is 2.50. The van der Waals surface area contributed by atoms with Crippen LogP contribution in [0.2, 0.25) is 0 Å². The normalized spacial score (nSPS) is 39.7. The number of hydrogen-bond donors (Lipinski definition) is 1. The van der Waals surface area contributed by atoms with Crippen molar-refractivity contribution in [3.63, 3.8) is 0 Å². The zero-order chi connectivity index (χ0) is 12.7. The Kier molecular flexibility index (Phi) is 3.14. The van der Waals surface area contributed by atoms with Crippen LogP contribution in [0.4, 0.5) is 0 Å². The number of carbonyl (C=O) groups excluding carboxylic acids is 2. The van der Waals surface area contributed by atoms with E-state index in [-0.39, 0.29) is 36.2 Å². The maximum atomic E-state index is 12.2. The number of amides is 2. The summed E-state index contributed by atoms with van der Waals surface area (Å²) >= 11 is 0. The van der Waals surface area contributed by atoms with Gasteiger partial charge in [-0.1, -0.05) is 12.8 Å². The molecular weight excluding hydrogens is 230 g/mol. The van der Waals surface area contributed by atoms with Gasteiger partial charge in [0.25, 0.3) is 0 Å². The third kappa shape index (κ3) is 1.78. The number of likely N-dealkylation sites (tertiary alicyclic amines) is 1. The highest BCUT2D eigenvalue weighted by molar-refractivity contribution is 6.05. The van der Waals surface area contributed by atoms with Gasteiger partial charge in [0.05, 0.1) is 11.8 Å². The Morgan fingerprint density at radius 2 is 1.50 bits per heavy atom. The first kappa shape index (κ1) is 12.2. The van der Waals surface area contributed by atoms with Crippen molar-refractivity contribution in [3.05, 3.63) is 0 Å². The summed E-state index contributed by atoms with van der Waals surface area (Å²) in [6.07, 6.45) is 5.98. The Hall–Kier alpha value is -0.900. The molecule has 3 rings (SSSR count). The van der Waals surface area contributed by atoms with E-state index in [1.807, 2.05) is 0 Å². The highest BCUT2D eigenvalue weighted by Crippen LogP contribution is 2.41. The minimum absolute atomic E-state index is 0.0218. The summed E-state index contributed by atoms with van der Waals surface area (Å²) in [6.45, 7) is 0.740. The van der Waals surface area contributed by atoms with E-state index in [0.29, 0.717) is 12.5 Å². The molecule has 2 amide bonds. The minimum atomic E-state index is -0.0218. The molecule has 4 atom stereocenters. The number of rotatable bonds is 3. The van der Waals surface area contributed by atoms with E-state index in [2.05, 4.69) is 0 Å². The summed E-state index contributed by atoms with van der Waals surface area (Å²) in [5.41, 5.74) is 0. The molecule has 100 valence electrons. The number of imide groups is 1. The van der Waals surface area contributed by atoms with Gasteiger partial charge < -0.3 is 5.11 Å². The SMILES string of the molecule is O=C1C2CCCC2C(=O)N1CC1CCCC1CO.